The number of likely N-dealkylation sites (tertiary alicyclic amines) is 1. The largest absolute Gasteiger partial charge is 0.342 e. The molecule has 1 amide bonds. The van der Waals surface area contributed by atoms with E-state index in [1.54, 1.807) is 0 Å². The molecule has 206 valence electrons. The lowest BCUT2D eigenvalue weighted by Crippen LogP contribution is -2.49. The molecule has 1 aliphatic carbocycles. The lowest BCUT2D eigenvalue weighted by Gasteiger charge is -2.46. The Hall–Kier alpha value is -2.66. The number of rotatable bonds is 6. The van der Waals surface area contributed by atoms with E-state index < -0.39 is 0 Å². The fraction of sp³-hybridized carbons (Fsp3) is 0.588. The molecule has 4 heterocycles. The summed E-state index contributed by atoms with van der Waals surface area (Å²) in [7, 11) is 0. The summed E-state index contributed by atoms with van der Waals surface area (Å²) in [4.78, 5) is 23.2. The molecule has 7 rings (SSSR count). The van der Waals surface area contributed by atoms with Gasteiger partial charge in [0.25, 0.3) is 0 Å². The van der Waals surface area contributed by atoms with Gasteiger partial charge in [-0.05, 0) is 94.4 Å². The number of nitrogens with zero attached hydrogens (tertiary/aromatic N) is 4. The summed E-state index contributed by atoms with van der Waals surface area (Å²) in [6.45, 7) is 5.21. The molecule has 3 atom stereocenters. The van der Waals surface area contributed by atoms with Gasteiger partial charge >= 0.3 is 0 Å². The van der Waals surface area contributed by atoms with Crippen molar-refractivity contribution in [2.24, 2.45) is 5.92 Å². The molecular formula is C34H44N4O. The maximum absolute atomic E-state index is 13.2. The summed E-state index contributed by atoms with van der Waals surface area (Å²) in [5.41, 5.74) is 4.10. The lowest BCUT2D eigenvalue weighted by molar-refractivity contribution is -0.137. The number of hydrogen-bond acceptors (Lipinski definition) is 3. The van der Waals surface area contributed by atoms with Gasteiger partial charge in [-0.25, -0.2) is 4.98 Å². The van der Waals surface area contributed by atoms with Crippen LogP contribution in [0.5, 0.6) is 0 Å². The Bertz CT molecular complexity index is 1290. The first kappa shape index (κ1) is 25.3. The van der Waals surface area contributed by atoms with Crippen molar-refractivity contribution < 1.29 is 4.79 Å². The van der Waals surface area contributed by atoms with Gasteiger partial charge in [0.05, 0.1) is 11.0 Å². The van der Waals surface area contributed by atoms with Crippen molar-refractivity contribution in [3.05, 3.63) is 66.0 Å². The average molecular weight is 525 g/mol. The fourth-order valence-electron chi connectivity index (χ4n) is 8.85. The molecule has 3 aromatic rings. The Kier molecular flexibility index (Phi) is 6.74. The maximum atomic E-state index is 13.2. The third-order valence-corrected chi connectivity index (χ3v) is 11.0. The monoisotopic (exact) mass is 524 g/mol. The number of imidazole rings is 1. The molecule has 4 fully saturated rings. The van der Waals surface area contributed by atoms with Gasteiger partial charge in [-0.1, -0.05) is 55.3 Å². The van der Waals surface area contributed by atoms with Crippen LogP contribution in [0.2, 0.25) is 0 Å². The number of para-hydroxylation sites is 2. The number of carbonyl (C=O) groups excluding carboxylic acids is 1. The summed E-state index contributed by atoms with van der Waals surface area (Å²) < 4.78 is 2.54. The molecule has 0 radical (unpaired) electrons. The van der Waals surface area contributed by atoms with Crippen molar-refractivity contribution in [2.45, 2.75) is 101 Å². The van der Waals surface area contributed by atoms with Gasteiger partial charge in [-0.2, -0.15) is 0 Å². The van der Waals surface area contributed by atoms with Crippen LogP contribution < -0.4 is 0 Å². The zero-order valence-corrected chi connectivity index (χ0v) is 23.6. The second kappa shape index (κ2) is 10.4. The molecule has 1 aromatic heterocycles. The van der Waals surface area contributed by atoms with Gasteiger partial charge in [-0.15, -0.1) is 0 Å². The van der Waals surface area contributed by atoms with Crippen LogP contribution in [0.4, 0.5) is 0 Å². The van der Waals surface area contributed by atoms with Gasteiger partial charge in [0, 0.05) is 37.1 Å². The normalized spacial score (nSPS) is 27.4. The van der Waals surface area contributed by atoms with Gasteiger partial charge in [0.15, 0.2) is 0 Å². The third-order valence-electron chi connectivity index (χ3n) is 11.0. The SMILES string of the molecule is Cc1nc2ccccc2n1C1C[C@H]2CC[C@@H](C1)N2CCC1(c2ccccc2)CCN(C(=O)C2CCCC2)CC1. The number of amides is 1. The molecule has 5 heteroatoms. The van der Waals surface area contributed by atoms with Crippen LogP contribution >= 0.6 is 0 Å². The second-order valence-electron chi connectivity index (χ2n) is 13.0. The molecule has 0 spiro atoms. The minimum absolute atomic E-state index is 0.182. The first-order valence-electron chi connectivity index (χ1n) is 15.6. The fourth-order valence-corrected chi connectivity index (χ4v) is 8.85. The van der Waals surface area contributed by atoms with E-state index in [1.165, 1.54) is 62.6 Å². The van der Waals surface area contributed by atoms with Crippen molar-refractivity contribution >= 4 is 16.9 Å². The highest BCUT2D eigenvalue weighted by Crippen LogP contribution is 2.45. The number of aryl methyl sites for hydroxylation is 1. The number of aromatic nitrogens is 2. The molecule has 5 nitrogen and oxygen atoms in total. The van der Waals surface area contributed by atoms with Gasteiger partial charge in [-0.3, -0.25) is 9.69 Å². The van der Waals surface area contributed by atoms with Crippen molar-refractivity contribution in [2.75, 3.05) is 19.6 Å². The first-order valence-corrected chi connectivity index (χ1v) is 15.6. The average Bonchev–Trinajstić information content (AvgIpc) is 3.68. The summed E-state index contributed by atoms with van der Waals surface area (Å²) in [5.74, 6) is 1.90. The van der Waals surface area contributed by atoms with E-state index in [-0.39, 0.29) is 5.41 Å². The van der Waals surface area contributed by atoms with E-state index >= 15 is 0 Å². The Morgan fingerprint density at radius 1 is 0.872 bits per heavy atom. The second-order valence-corrected chi connectivity index (χ2v) is 13.0. The molecule has 2 bridgehead atoms. The van der Waals surface area contributed by atoms with Gasteiger partial charge in [0.2, 0.25) is 5.91 Å². The molecule has 4 aliphatic rings. The molecular weight excluding hydrogens is 480 g/mol. The van der Waals surface area contributed by atoms with Crippen molar-refractivity contribution in [1.29, 1.82) is 0 Å². The van der Waals surface area contributed by atoms with E-state index in [0.717, 1.165) is 50.1 Å². The van der Waals surface area contributed by atoms with Crippen LogP contribution in [-0.2, 0) is 10.2 Å². The van der Waals surface area contributed by atoms with Crippen LogP contribution in [0.3, 0.4) is 0 Å². The number of fused-ring (bicyclic) bond motifs is 3. The highest BCUT2D eigenvalue weighted by molar-refractivity contribution is 5.79. The predicted octanol–water partition coefficient (Wildman–Crippen LogP) is 6.65. The standard InChI is InChI=1S/C34H44N4O/c1-25-35-31-13-7-8-14-32(31)38(25)30-23-28-15-16-29(24-30)37(28)22-19-34(27-11-3-2-4-12-27)17-20-36(21-18-34)33(39)26-9-5-6-10-26/h2-4,7-8,11-14,26,28-30H,5-6,9-10,15-24H2,1H3/t28-,29+,30?. The summed E-state index contributed by atoms with van der Waals surface area (Å²) in [6, 6.07) is 21.8. The minimum atomic E-state index is 0.182. The highest BCUT2D eigenvalue weighted by Gasteiger charge is 2.44. The smallest absolute Gasteiger partial charge is 0.225 e. The molecule has 1 saturated carbocycles. The Balaban J connectivity index is 1.06. The molecule has 2 aromatic carbocycles. The van der Waals surface area contributed by atoms with Crippen LogP contribution in [0.25, 0.3) is 11.0 Å². The van der Waals surface area contributed by atoms with Gasteiger partial charge < -0.3 is 9.47 Å². The number of benzene rings is 2. The van der Waals surface area contributed by atoms with Crippen molar-refractivity contribution in [1.82, 2.24) is 19.4 Å². The van der Waals surface area contributed by atoms with E-state index in [1.807, 2.05) is 0 Å². The van der Waals surface area contributed by atoms with Crippen molar-refractivity contribution in [3.63, 3.8) is 0 Å². The zero-order chi connectivity index (χ0) is 26.4. The summed E-state index contributed by atoms with van der Waals surface area (Å²) in [6.07, 6.45) is 13.2. The Morgan fingerprint density at radius 3 is 2.26 bits per heavy atom. The van der Waals surface area contributed by atoms with E-state index in [9.17, 15) is 4.79 Å². The van der Waals surface area contributed by atoms with E-state index in [4.69, 9.17) is 4.98 Å². The van der Waals surface area contributed by atoms with E-state index in [2.05, 4.69) is 75.9 Å². The third kappa shape index (κ3) is 4.61. The molecule has 3 aliphatic heterocycles. The summed E-state index contributed by atoms with van der Waals surface area (Å²) >= 11 is 0. The number of carbonyl (C=O) groups is 1. The summed E-state index contributed by atoms with van der Waals surface area (Å²) in [5, 5.41) is 0. The highest BCUT2D eigenvalue weighted by atomic mass is 16.2. The molecule has 3 saturated heterocycles. The maximum Gasteiger partial charge on any atom is 0.225 e. The lowest BCUT2D eigenvalue weighted by atomic mass is 9.70. The van der Waals surface area contributed by atoms with Crippen LogP contribution in [0, 0.1) is 12.8 Å². The Labute approximate surface area is 233 Å². The topological polar surface area (TPSA) is 41.4 Å². The Morgan fingerprint density at radius 2 is 1.54 bits per heavy atom. The minimum Gasteiger partial charge on any atom is -0.342 e. The molecule has 1 unspecified atom stereocenters. The quantitative estimate of drug-likeness (QED) is 0.362. The van der Waals surface area contributed by atoms with Crippen LogP contribution in [0.15, 0.2) is 54.6 Å². The number of piperidine rings is 2. The zero-order valence-electron chi connectivity index (χ0n) is 23.6. The molecule has 0 N–H and O–H groups in total. The number of hydrogen-bond donors (Lipinski definition) is 0. The van der Waals surface area contributed by atoms with Crippen LogP contribution in [-0.4, -0.2) is 57.0 Å². The first-order chi connectivity index (χ1) is 19.1. The van der Waals surface area contributed by atoms with Crippen molar-refractivity contribution in [3.8, 4) is 0 Å². The molecule has 39 heavy (non-hydrogen) atoms. The van der Waals surface area contributed by atoms with E-state index in [0.29, 0.717) is 30.0 Å². The van der Waals surface area contributed by atoms with Crippen LogP contribution in [0.1, 0.15) is 88.1 Å². The van der Waals surface area contributed by atoms with Gasteiger partial charge in [0.1, 0.15) is 5.82 Å². The predicted molar refractivity (Wildman–Crippen MR) is 157 cm³/mol.